The van der Waals surface area contributed by atoms with Gasteiger partial charge in [-0.15, -0.1) is 0 Å². The highest BCUT2D eigenvalue weighted by molar-refractivity contribution is 7.14. The highest BCUT2D eigenvalue weighted by atomic mass is 31.0. The van der Waals surface area contributed by atoms with Crippen molar-refractivity contribution in [3.63, 3.8) is 0 Å². The fraction of sp³-hybridized carbons (Fsp3) is 0.455. The summed E-state index contributed by atoms with van der Waals surface area (Å²) in [5.74, 6) is 0.655. The molecule has 0 bridgehead atoms. The number of fused-ring (bicyclic) bond motifs is 1. The fourth-order valence-corrected chi connectivity index (χ4v) is 2.81. The molecule has 2 heterocycles. The molecule has 0 N–H and O–H groups in total. The Bertz CT molecular complexity index is 486. The van der Waals surface area contributed by atoms with Gasteiger partial charge >= 0.3 is 0 Å². The summed E-state index contributed by atoms with van der Waals surface area (Å²) in [5, 5.41) is 1.22. The minimum Gasteiger partial charge on any atom is -0.317 e. The van der Waals surface area contributed by atoms with Crippen molar-refractivity contribution in [1.29, 1.82) is 0 Å². The van der Waals surface area contributed by atoms with E-state index in [1.54, 1.807) is 6.33 Å². The summed E-state index contributed by atoms with van der Waals surface area (Å²) < 4.78 is 1.98. The van der Waals surface area contributed by atoms with Crippen LogP contribution in [0, 0.1) is 0 Å². The normalized spacial score (nSPS) is 17.7. The van der Waals surface area contributed by atoms with Crippen LogP contribution >= 0.6 is 9.39 Å². The Morgan fingerprint density at radius 3 is 2.87 bits per heavy atom. The van der Waals surface area contributed by atoms with Crippen LogP contribution in [0.4, 0.5) is 0 Å². The zero-order valence-corrected chi connectivity index (χ0v) is 9.71. The summed E-state index contributed by atoms with van der Waals surface area (Å²) in [4.78, 5) is 8.77. The quantitative estimate of drug-likeness (QED) is 0.690. The van der Waals surface area contributed by atoms with E-state index < -0.39 is 0 Å². The van der Waals surface area contributed by atoms with E-state index in [-0.39, 0.29) is 0 Å². The summed E-state index contributed by atoms with van der Waals surface area (Å²) in [7, 11) is 2.66. The van der Waals surface area contributed by atoms with Gasteiger partial charge in [-0.2, -0.15) is 0 Å². The van der Waals surface area contributed by atoms with Crippen LogP contribution in [0.3, 0.4) is 0 Å². The zero-order chi connectivity index (χ0) is 10.3. The molecule has 1 atom stereocenters. The van der Waals surface area contributed by atoms with Gasteiger partial charge in [0, 0.05) is 17.5 Å². The summed E-state index contributed by atoms with van der Waals surface area (Å²) in [5.41, 5.74) is 2.27. The molecule has 78 valence electrons. The van der Waals surface area contributed by atoms with Crippen LogP contribution in [-0.4, -0.2) is 14.3 Å². The highest BCUT2D eigenvalue weighted by Crippen LogP contribution is 2.36. The second kappa shape index (κ2) is 3.57. The van der Waals surface area contributed by atoms with Gasteiger partial charge in [-0.25, -0.2) is 9.97 Å². The Hall–Kier alpha value is -0.950. The molecule has 0 radical (unpaired) electrons. The summed E-state index contributed by atoms with van der Waals surface area (Å²) in [6, 6.07) is 2.12. The minimum atomic E-state index is 0.655. The summed E-state index contributed by atoms with van der Waals surface area (Å²) in [6.07, 6.45) is 8.98. The van der Waals surface area contributed by atoms with E-state index in [0.717, 1.165) is 5.65 Å². The lowest BCUT2D eigenvalue weighted by molar-refractivity contribution is 0.702. The smallest absolute Gasteiger partial charge is 0.146 e. The third-order valence-corrected chi connectivity index (χ3v) is 3.70. The molecule has 3 nitrogen and oxygen atoms in total. The van der Waals surface area contributed by atoms with E-state index in [4.69, 9.17) is 0 Å². The van der Waals surface area contributed by atoms with Crippen molar-refractivity contribution in [2.45, 2.75) is 31.6 Å². The first-order valence-electron chi connectivity index (χ1n) is 5.43. The van der Waals surface area contributed by atoms with Crippen LogP contribution in [-0.2, 0) is 0 Å². The molecule has 1 aliphatic carbocycles. The Balaban J connectivity index is 2.17. The average Bonchev–Trinajstić information content (AvgIpc) is 2.88. The lowest BCUT2D eigenvalue weighted by atomic mass is 10.0. The second-order valence-electron chi connectivity index (χ2n) is 4.20. The van der Waals surface area contributed by atoms with E-state index in [9.17, 15) is 0 Å². The van der Waals surface area contributed by atoms with Gasteiger partial charge in [0.1, 0.15) is 12.0 Å². The van der Waals surface area contributed by atoms with Gasteiger partial charge in [0.2, 0.25) is 0 Å². The van der Waals surface area contributed by atoms with Crippen molar-refractivity contribution < 1.29 is 0 Å². The topological polar surface area (TPSA) is 30.7 Å². The molecule has 1 saturated carbocycles. The van der Waals surface area contributed by atoms with Crippen LogP contribution in [0.15, 0.2) is 18.6 Å². The Morgan fingerprint density at radius 2 is 2.07 bits per heavy atom. The average molecular weight is 219 g/mol. The number of nitrogens with zero attached hydrogens (tertiary/aromatic N) is 3. The first-order valence-corrected chi connectivity index (χ1v) is 5.95. The van der Waals surface area contributed by atoms with Crippen molar-refractivity contribution in [2.75, 3.05) is 0 Å². The standard InChI is InChI=1S/C11H14N3P/c15-14-6-5-9-10(8-3-1-2-4-8)12-7-13-11(9)14/h5-8H,1-4,15H2. The molecule has 0 aliphatic heterocycles. The number of hydrogen-bond acceptors (Lipinski definition) is 2. The molecule has 3 rings (SSSR count). The van der Waals surface area contributed by atoms with E-state index in [0.29, 0.717) is 5.92 Å². The van der Waals surface area contributed by atoms with Gasteiger partial charge in [0.25, 0.3) is 0 Å². The van der Waals surface area contributed by atoms with Gasteiger partial charge < -0.3 is 4.34 Å². The van der Waals surface area contributed by atoms with Gasteiger partial charge in [-0.1, -0.05) is 12.8 Å². The maximum atomic E-state index is 4.47. The minimum absolute atomic E-state index is 0.655. The van der Waals surface area contributed by atoms with Gasteiger partial charge in [0.05, 0.1) is 5.69 Å². The third-order valence-electron chi connectivity index (χ3n) is 3.28. The molecule has 2 aromatic heterocycles. The first kappa shape index (κ1) is 9.29. The maximum Gasteiger partial charge on any atom is 0.146 e. The van der Waals surface area contributed by atoms with E-state index in [1.807, 2.05) is 10.5 Å². The van der Waals surface area contributed by atoms with Crippen molar-refractivity contribution in [3.8, 4) is 0 Å². The van der Waals surface area contributed by atoms with Gasteiger partial charge in [0.15, 0.2) is 0 Å². The zero-order valence-electron chi connectivity index (χ0n) is 8.56. The fourth-order valence-electron chi connectivity index (χ4n) is 2.52. The highest BCUT2D eigenvalue weighted by Gasteiger charge is 2.21. The molecule has 1 fully saturated rings. The molecule has 0 amide bonds. The lowest BCUT2D eigenvalue weighted by Gasteiger charge is -2.08. The molecular weight excluding hydrogens is 205 g/mol. The molecule has 0 aromatic carbocycles. The largest absolute Gasteiger partial charge is 0.317 e. The van der Waals surface area contributed by atoms with Gasteiger partial charge in [-0.05, 0) is 28.3 Å². The first-order chi connectivity index (χ1) is 7.36. The summed E-state index contributed by atoms with van der Waals surface area (Å²) >= 11 is 0. The van der Waals surface area contributed by atoms with Crippen molar-refractivity contribution in [2.24, 2.45) is 0 Å². The van der Waals surface area contributed by atoms with E-state index in [2.05, 4.69) is 25.4 Å². The Morgan fingerprint density at radius 1 is 1.27 bits per heavy atom. The van der Waals surface area contributed by atoms with Crippen LogP contribution in [0.2, 0.25) is 0 Å². The second-order valence-corrected chi connectivity index (χ2v) is 4.76. The number of rotatable bonds is 1. The Labute approximate surface area is 91.2 Å². The monoisotopic (exact) mass is 219 g/mol. The van der Waals surface area contributed by atoms with Crippen LogP contribution in [0.1, 0.15) is 37.3 Å². The van der Waals surface area contributed by atoms with E-state index in [1.165, 1.54) is 36.8 Å². The van der Waals surface area contributed by atoms with Crippen LogP contribution in [0.25, 0.3) is 11.0 Å². The van der Waals surface area contributed by atoms with Gasteiger partial charge in [-0.3, -0.25) is 0 Å². The lowest BCUT2D eigenvalue weighted by Crippen LogP contribution is -1.98. The van der Waals surface area contributed by atoms with E-state index >= 15 is 0 Å². The molecule has 2 aromatic rings. The molecule has 15 heavy (non-hydrogen) atoms. The Kier molecular flexibility index (Phi) is 2.21. The summed E-state index contributed by atoms with van der Waals surface area (Å²) in [6.45, 7) is 0. The van der Waals surface area contributed by atoms with Crippen LogP contribution < -0.4 is 0 Å². The third kappa shape index (κ3) is 1.46. The number of hydrogen-bond donors (Lipinski definition) is 0. The molecular formula is C11H14N3P. The van der Waals surface area contributed by atoms with Crippen molar-refractivity contribution in [1.82, 2.24) is 14.3 Å². The van der Waals surface area contributed by atoms with Crippen molar-refractivity contribution in [3.05, 3.63) is 24.3 Å². The molecule has 0 spiro atoms. The molecule has 1 aliphatic rings. The molecule has 1 unspecified atom stereocenters. The maximum absolute atomic E-state index is 4.47. The number of aromatic nitrogens is 3. The SMILES string of the molecule is Pn1ccc2c(C3CCCC3)ncnc21. The van der Waals surface area contributed by atoms with Crippen LogP contribution in [0.5, 0.6) is 0 Å². The predicted molar refractivity (Wildman–Crippen MR) is 63.8 cm³/mol. The van der Waals surface area contributed by atoms with Crippen molar-refractivity contribution >= 4 is 20.4 Å². The predicted octanol–water partition coefficient (Wildman–Crippen LogP) is 2.73. The molecule has 4 heteroatoms. The molecule has 0 saturated heterocycles.